The van der Waals surface area contributed by atoms with E-state index < -0.39 is 0 Å². The highest BCUT2D eigenvalue weighted by atomic mass is 35.5. The van der Waals surface area contributed by atoms with Crippen molar-refractivity contribution in [3.05, 3.63) is 22.7 Å². The Bertz CT molecular complexity index is 382. The number of benzene rings is 1. The zero-order valence-corrected chi connectivity index (χ0v) is 10.4. The molecule has 15 heavy (non-hydrogen) atoms. The van der Waals surface area contributed by atoms with Crippen molar-refractivity contribution in [2.45, 2.75) is 6.92 Å². The van der Waals surface area contributed by atoms with Crippen molar-refractivity contribution < 1.29 is 4.74 Å². The van der Waals surface area contributed by atoms with Gasteiger partial charge in [-0.2, -0.15) is 0 Å². The fraction of sp³-hybridized carbons (Fsp3) is 0.300. The second-order valence-corrected chi connectivity index (χ2v) is 3.82. The van der Waals surface area contributed by atoms with Gasteiger partial charge in [-0.3, -0.25) is 0 Å². The minimum Gasteiger partial charge on any atom is -0.495 e. The number of methoxy groups -OCH3 is 1. The number of hydrogen-bond acceptors (Lipinski definition) is 2. The van der Waals surface area contributed by atoms with Crippen molar-refractivity contribution in [2.24, 2.45) is 0 Å². The van der Waals surface area contributed by atoms with E-state index in [0.717, 1.165) is 11.3 Å². The van der Waals surface area contributed by atoms with Crippen LogP contribution in [0.3, 0.4) is 0 Å². The van der Waals surface area contributed by atoms with Crippen LogP contribution in [-0.2, 0) is 0 Å². The van der Waals surface area contributed by atoms with Gasteiger partial charge >= 0.3 is 0 Å². The van der Waals surface area contributed by atoms with Crippen LogP contribution in [-0.4, -0.2) is 19.3 Å². The van der Waals surface area contributed by atoms with Crippen LogP contribution in [0.25, 0.3) is 0 Å². The summed E-state index contributed by atoms with van der Waals surface area (Å²) in [6.07, 6.45) is 0. The number of thiocarbonyl (C=S) groups is 1. The number of rotatable bonds is 2. The highest BCUT2D eigenvalue weighted by molar-refractivity contribution is 7.80. The molecule has 0 atom stereocenters. The van der Waals surface area contributed by atoms with Crippen LogP contribution in [0.5, 0.6) is 5.75 Å². The maximum atomic E-state index is 5.98. The van der Waals surface area contributed by atoms with Gasteiger partial charge in [-0.05, 0) is 30.8 Å². The normalized spacial score (nSPS) is 9.60. The number of ether oxygens (including phenoxy) is 1. The first-order chi connectivity index (χ1) is 7.08. The summed E-state index contributed by atoms with van der Waals surface area (Å²) < 4.78 is 5.19. The summed E-state index contributed by atoms with van der Waals surface area (Å²) >= 11 is 11.0. The number of nitrogens with one attached hydrogen (secondary N) is 2. The van der Waals surface area contributed by atoms with Crippen molar-refractivity contribution in [1.82, 2.24) is 5.32 Å². The molecule has 0 aromatic heterocycles. The molecule has 0 unspecified atom stereocenters. The summed E-state index contributed by atoms with van der Waals surface area (Å²) in [6.45, 7) is 1.93. The Labute approximate surface area is 99.8 Å². The largest absolute Gasteiger partial charge is 0.495 e. The Morgan fingerprint density at radius 2 is 2.13 bits per heavy atom. The molecule has 0 aliphatic carbocycles. The van der Waals surface area contributed by atoms with Crippen LogP contribution in [0.1, 0.15) is 5.56 Å². The maximum Gasteiger partial charge on any atom is 0.170 e. The third kappa shape index (κ3) is 2.97. The van der Waals surface area contributed by atoms with E-state index in [1.807, 2.05) is 13.0 Å². The first-order valence-electron chi connectivity index (χ1n) is 4.41. The van der Waals surface area contributed by atoms with Crippen LogP contribution in [0.15, 0.2) is 12.1 Å². The Balaban J connectivity index is 3.05. The Morgan fingerprint density at radius 1 is 1.47 bits per heavy atom. The standard InChI is InChI=1S/C10H13ClN2OS/c1-6-4-8(13-10(15)12-2)9(14-3)5-7(6)11/h4-5H,1-3H3,(H2,12,13,15). The average Bonchev–Trinajstić information content (AvgIpc) is 2.22. The van der Waals surface area contributed by atoms with E-state index >= 15 is 0 Å². The van der Waals surface area contributed by atoms with Crippen LogP contribution >= 0.6 is 23.8 Å². The van der Waals surface area contributed by atoms with Crippen LogP contribution in [0.2, 0.25) is 5.02 Å². The van der Waals surface area contributed by atoms with Gasteiger partial charge in [0.1, 0.15) is 5.75 Å². The van der Waals surface area contributed by atoms with Gasteiger partial charge < -0.3 is 15.4 Å². The lowest BCUT2D eigenvalue weighted by Gasteiger charge is -2.13. The summed E-state index contributed by atoms with van der Waals surface area (Å²) in [5, 5.41) is 7.06. The van der Waals surface area contributed by atoms with Crippen molar-refractivity contribution >= 4 is 34.6 Å². The van der Waals surface area contributed by atoms with E-state index in [4.69, 9.17) is 28.6 Å². The topological polar surface area (TPSA) is 33.3 Å². The molecule has 0 aliphatic rings. The zero-order valence-electron chi connectivity index (χ0n) is 8.85. The van der Waals surface area contributed by atoms with Crippen molar-refractivity contribution in [1.29, 1.82) is 0 Å². The van der Waals surface area contributed by atoms with E-state index in [-0.39, 0.29) is 0 Å². The van der Waals surface area contributed by atoms with Crippen molar-refractivity contribution in [3.8, 4) is 5.75 Å². The van der Waals surface area contributed by atoms with Gasteiger partial charge in [0.05, 0.1) is 12.8 Å². The van der Waals surface area contributed by atoms with Gasteiger partial charge in [0.2, 0.25) is 0 Å². The van der Waals surface area contributed by atoms with E-state index in [1.165, 1.54) is 0 Å². The number of hydrogen-bond donors (Lipinski definition) is 2. The quantitative estimate of drug-likeness (QED) is 0.784. The summed E-state index contributed by atoms with van der Waals surface area (Å²) in [6, 6.07) is 3.66. The molecule has 0 saturated heterocycles. The second kappa shape index (κ2) is 5.19. The minimum atomic E-state index is 0.537. The first kappa shape index (κ1) is 12.1. The van der Waals surface area contributed by atoms with E-state index in [9.17, 15) is 0 Å². The van der Waals surface area contributed by atoms with Gasteiger partial charge in [-0.25, -0.2) is 0 Å². The molecule has 0 bridgehead atoms. The lowest BCUT2D eigenvalue weighted by atomic mass is 10.2. The highest BCUT2D eigenvalue weighted by Crippen LogP contribution is 2.30. The lowest BCUT2D eigenvalue weighted by molar-refractivity contribution is 0.417. The van der Waals surface area contributed by atoms with Gasteiger partial charge in [0.15, 0.2) is 5.11 Å². The molecule has 0 aliphatic heterocycles. The van der Waals surface area contributed by atoms with E-state index in [1.54, 1.807) is 20.2 Å². The van der Waals surface area contributed by atoms with E-state index in [0.29, 0.717) is 15.9 Å². The Morgan fingerprint density at radius 3 is 2.67 bits per heavy atom. The fourth-order valence-electron chi connectivity index (χ4n) is 1.11. The lowest BCUT2D eigenvalue weighted by Crippen LogP contribution is -2.24. The van der Waals surface area contributed by atoms with Gasteiger partial charge in [0.25, 0.3) is 0 Å². The molecule has 0 heterocycles. The minimum absolute atomic E-state index is 0.537. The predicted octanol–water partition coefficient (Wildman–Crippen LogP) is 2.57. The Kier molecular flexibility index (Phi) is 4.17. The van der Waals surface area contributed by atoms with Crippen LogP contribution in [0.4, 0.5) is 5.69 Å². The van der Waals surface area contributed by atoms with Crippen molar-refractivity contribution in [3.63, 3.8) is 0 Å². The van der Waals surface area contributed by atoms with Crippen LogP contribution < -0.4 is 15.4 Å². The Hall–Kier alpha value is -1.00. The smallest absolute Gasteiger partial charge is 0.170 e. The molecule has 82 valence electrons. The molecule has 1 rings (SSSR count). The number of anilines is 1. The summed E-state index contributed by atoms with van der Waals surface area (Å²) in [7, 11) is 3.35. The first-order valence-corrected chi connectivity index (χ1v) is 5.20. The summed E-state index contributed by atoms with van der Waals surface area (Å²) in [5.74, 6) is 0.670. The summed E-state index contributed by atoms with van der Waals surface area (Å²) in [5.41, 5.74) is 1.78. The molecule has 0 radical (unpaired) electrons. The molecule has 3 nitrogen and oxygen atoms in total. The molecule has 0 saturated carbocycles. The van der Waals surface area contributed by atoms with Gasteiger partial charge in [-0.15, -0.1) is 0 Å². The average molecular weight is 245 g/mol. The molecule has 1 aromatic rings. The zero-order chi connectivity index (χ0) is 11.4. The fourth-order valence-corrected chi connectivity index (χ4v) is 1.38. The van der Waals surface area contributed by atoms with Crippen molar-refractivity contribution in [2.75, 3.05) is 19.5 Å². The molecule has 0 spiro atoms. The molecule has 1 aromatic carbocycles. The number of aryl methyl sites for hydroxylation is 1. The third-order valence-electron chi connectivity index (χ3n) is 1.96. The van der Waals surface area contributed by atoms with Crippen LogP contribution in [0, 0.1) is 6.92 Å². The monoisotopic (exact) mass is 244 g/mol. The summed E-state index contributed by atoms with van der Waals surface area (Å²) in [4.78, 5) is 0. The highest BCUT2D eigenvalue weighted by Gasteiger charge is 2.07. The molecule has 5 heteroatoms. The maximum absolute atomic E-state index is 5.98. The SMILES string of the molecule is CNC(=S)Nc1cc(C)c(Cl)cc1OC. The van der Waals surface area contributed by atoms with E-state index in [2.05, 4.69) is 10.6 Å². The molecule has 2 N–H and O–H groups in total. The predicted molar refractivity (Wildman–Crippen MR) is 68.0 cm³/mol. The van der Waals surface area contributed by atoms with Gasteiger partial charge in [0, 0.05) is 18.1 Å². The molecular weight excluding hydrogens is 232 g/mol. The van der Waals surface area contributed by atoms with Gasteiger partial charge in [-0.1, -0.05) is 11.6 Å². The second-order valence-electron chi connectivity index (χ2n) is 3.01. The molecule has 0 fully saturated rings. The third-order valence-corrected chi connectivity index (χ3v) is 2.67. The molecular formula is C10H13ClN2OS. The molecule has 0 amide bonds. The number of halogens is 1.